The van der Waals surface area contributed by atoms with Gasteiger partial charge in [-0.2, -0.15) is 0 Å². The molecule has 0 saturated heterocycles. The van der Waals surface area contributed by atoms with Gasteiger partial charge in [0.05, 0.1) is 11.2 Å². The molecule has 106 valence electrons. The van der Waals surface area contributed by atoms with Crippen molar-refractivity contribution in [2.45, 2.75) is 18.0 Å². The van der Waals surface area contributed by atoms with Crippen molar-refractivity contribution in [1.82, 2.24) is 25.3 Å². The molecule has 1 amide bonds. The van der Waals surface area contributed by atoms with Gasteiger partial charge in [-0.1, -0.05) is 23.4 Å². The molecule has 2 N–H and O–H groups in total. The summed E-state index contributed by atoms with van der Waals surface area (Å²) < 4.78 is 0. The van der Waals surface area contributed by atoms with Crippen molar-refractivity contribution in [2.75, 3.05) is 12.8 Å². The van der Waals surface area contributed by atoms with Crippen molar-refractivity contribution in [3.05, 3.63) is 35.1 Å². The lowest BCUT2D eigenvalue weighted by atomic mass is 10.3. The molecule has 6 nitrogen and oxygen atoms in total. The number of thioether (sulfide) groups is 1. The van der Waals surface area contributed by atoms with E-state index in [1.807, 2.05) is 6.26 Å². The highest BCUT2D eigenvalue weighted by Gasteiger charge is 2.13. The van der Waals surface area contributed by atoms with Crippen molar-refractivity contribution in [3.63, 3.8) is 0 Å². The fourth-order valence-electron chi connectivity index (χ4n) is 1.58. The molecule has 0 radical (unpaired) electrons. The molecule has 0 aromatic carbocycles. The van der Waals surface area contributed by atoms with Crippen LogP contribution in [0.4, 0.5) is 0 Å². The maximum absolute atomic E-state index is 12.0. The van der Waals surface area contributed by atoms with E-state index in [0.717, 1.165) is 18.7 Å². The summed E-state index contributed by atoms with van der Waals surface area (Å²) in [6.07, 6.45) is 8.33. The molecule has 2 aromatic heterocycles. The molecule has 0 saturated carbocycles. The van der Waals surface area contributed by atoms with Gasteiger partial charge in [0.25, 0.3) is 5.91 Å². The Hall–Kier alpha value is -1.60. The van der Waals surface area contributed by atoms with Crippen LogP contribution in [0.15, 0.2) is 23.7 Å². The lowest BCUT2D eigenvalue weighted by molar-refractivity contribution is 0.0947. The number of carbonyl (C=O) groups excluding carboxylic acids is 1. The van der Waals surface area contributed by atoms with E-state index in [1.54, 1.807) is 12.4 Å². The Balaban J connectivity index is 1.85. The van der Waals surface area contributed by atoms with Crippen LogP contribution >= 0.6 is 23.4 Å². The van der Waals surface area contributed by atoms with Crippen molar-refractivity contribution in [1.29, 1.82) is 0 Å². The van der Waals surface area contributed by atoms with E-state index in [1.165, 1.54) is 18.0 Å². The van der Waals surface area contributed by atoms with Crippen molar-refractivity contribution < 1.29 is 4.79 Å². The van der Waals surface area contributed by atoms with Gasteiger partial charge in [-0.3, -0.25) is 4.79 Å². The lowest BCUT2D eigenvalue weighted by Gasteiger charge is -2.06. The summed E-state index contributed by atoms with van der Waals surface area (Å²) in [5.41, 5.74) is 0.212. The minimum absolute atomic E-state index is 0.212. The zero-order valence-corrected chi connectivity index (χ0v) is 12.5. The molecule has 0 fully saturated rings. The maximum atomic E-state index is 12.0. The zero-order valence-electron chi connectivity index (χ0n) is 10.9. The summed E-state index contributed by atoms with van der Waals surface area (Å²) in [6, 6.07) is 0. The second kappa shape index (κ2) is 7.25. The number of hydrogen-bond donors (Lipinski definition) is 2. The number of rotatable bonds is 6. The normalized spacial score (nSPS) is 10.5. The Kier molecular flexibility index (Phi) is 5.37. The summed E-state index contributed by atoms with van der Waals surface area (Å²) in [5.74, 6) is 0.621. The largest absolute Gasteiger partial charge is 0.351 e. The Labute approximate surface area is 125 Å². The topological polar surface area (TPSA) is 83.6 Å². The van der Waals surface area contributed by atoms with Gasteiger partial charge < -0.3 is 10.3 Å². The van der Waals surface area contributed by atoms with Gasteiger partial charge in [-0.05, 0) is 12.7 Å². The van der Waals surface area contributed by atoms with Crippen LogP contribution in [0.2, 0.25) is 5.02 Å². The van der Waals surface area contributed by atoms with Crippen molar-refractivity contribution >= 4 is 29.3 Å². The Morgan fingerprint density at radius 1 is 1.50 bits per heavy atom. The number of imidazole rings is 1. The molecule has 0 atom stereocenters. The van der Waals surface area contributed by atoms with Gasteiger partial charge in [0, 0.05) is 25.4 Å². The van der Waals surface area contributed by atoms with Crippen LogP contribution in [-0.2, 0) is 6.42 Å². The van der Waals surface area contributed by atoms with Crippen LogP contribution in [0.5, 0.6) is 0 Å². The average molecular weight is 312 g/mol. The summed E-state index contributed by atoms with van der Waals surface area (Å²) in [4.78, 5) is 27.2. The number of aryl methyl sites for hydroxylation is 1. The molecular formula is C12H14ClN5OS. The minimum Gasteiger partial charge on any atom is -0.351 e. The summed E-state index contributed by atoms with van der Waals surface area (Å²) in [6.45, 7) is 0.536. The highest BCUT2D eigenvalue weighted by molar-refractivity contribution is 7.98. The van der Waals surface area contributed by atoms with Crippen LogP contribution in [-0.4, -0.2) is 38.6 Å². The quantitative estimate of drug-likeness (QED) is 0.484. The Bertz CT molecular complexity index is 575. The standard InChI is InChI=1S/C12H14ClN5OS/c1-20-12-17-7-8(13)10(18-12)11(19)16-4-2-3-9-14-5-6-15-9/h5-7H,2-4H2,1H3,(H,14,15)(H,16,19). The van der Waals surface area contributed by atoms with Gasteiger partial charge in [-0.25, -0.2) is 15.0 Å². The molecule has 2 rings (SSSR count). The molecule has 0 aliphatic rings. The van der Waals surface area contributed by atoms with Crippen LogP contribution in [0.1, 0.15) is 22.7 Å². The number of amides is 1. The van der Waals surface area contributed by atoms with Crippen molar-refractivity contribution in [2.24, 2.45) is 0 Å². The number of H-pyrrole nitrogens is 1. The molecule has 2 aromatic rings. The predicted molar refractivity (Wildman–Crippen MR) is 78.1 cm³/mol. The van der Waals surface area contributed by atoms with E-state index in [9.17, 15) is 4.79 Å². The number of nitrogens with one attached hydrogen (secondary N) is 2. The highest BCUT2D eigenvalue weighted by atomic mass is 35.5. The third kappa shape index (κ3) is 3.94. The van der Waals surface area contributed by atoms with Gasteiger partial charge in [-0.15, -0.1) is 0 Å². The van der Waals surface area contributed by atoms with E-state index in [-0.39, 0.29) is 16.6 Å². The first-order chi connectivity index (χ1) is 9.70. The minimum atomic E-state index is -0.285. The molecule has 20 heavy (non-hydrogen) atoms. The Morgan fingerprint density at radius 2 is 2.35 bits per heavy atom. The monoisotopic (exact) mass is 311 g/mol. The molecule has 0 bridgehead atoms. The molecule has 0 aliphatic carbocycles. The fraction of sp³-hybridized carbons (Fsp3) is 0.333. The number of aromatic nitrogens is 4. The van der Waals surface area contributed by atoms with Gasteiger partial charge in [0.15, 0.2) is 10.9 Å². The van der Waals surface area contributed by atoms with Gasteiger partial charge in [0.1, 0.15) is 5.82 Å². The summed E-state index contributed by atoms with van der Waals surface area (Å²) >= 11 is 7.29. The van der Waals surface area contributed by atoms with Gasteiger partial charge >= 0.3 is 0 Å². The molecule has 0 unspecified atom stereocenters. The second-order valence-corrected chi connectivity index (χ2v) is 5.13. The summed E-state index contributed by atoms with van der Waals surface area (Å²) in [5, 5.41) is 3.57. The van der Waals surface area contributed by atoms with E-state index >= 15 is 0 Å². The fourth-order valence-corrected chi connectivity index (χ4v) is 2.10. The zero-order chi connectivity index (χ0) is 14.4. The summed E-state index contributed by atoms with van der Waals surface area (Å²) in [7, 11) is 0. The van der Waals surface area contributed by atoms with E-state index in [0.29, 0.717) is 11.7 Å². The third-order valence-corrected chi connectivity index (χ3v) is 3.39. The van der Waals surface area contributed by atoms with E-state index < -0.39 is 0 Å². The Morgan fingerprint density at radius 3 is 3.05 bits per heavy atom. The number of carbonyl (C=O) groups is 1. The number of aromatic amines is 1. The molecule has 8 heteroatoms. The highest BCUT2D eigenvalue weighted by Crippen LogP contribution is 2.16. The first-order valence-electron chi connectivity index (χ1n) is 6.03. The van der Waals surface area contributed by atoms with Gasteiger partial charge in [0.2, 0.25) is 0 Å². The first-order valence-corrected chi connectivity index (χ1v) is 7.64. The number of halogens is 1. The smallest absolute Gasteiger partial charge is 0.271 e. The van der Waals surface area contributed by atoms with Crippen LogP contribution in [0.3, 0.4) is 0 Å². The number of hydrogen-bond acceptors (Lipinski definition) is 5. The SMILES string of the molecule is CSc1ncc(Cl)c(C(=O)NCCCc2ncc[nH]2)n1. The number of nitrogens with zero attached hydrogens (tertiary/aromatic N) is 3. The molecular weight excluding hydrogens is 298 g/mol. The molecule has 0 aliphatic heterocycles. The second-order valence-electron chi connectivity index (χ2n) is 3.95. The first kappa shape index (κ1) is 14.8. The van der Waals surface area contributed by atoms with Crippen LogP contribution in [0, 0.1) is 0 Å². The average Bonchev–Trinajstić information content (AvgIpc) is 2.97. The van der Waals surface area contributed by atoms with Crippen LogP contribution < -0.4 is 5.32 Å². The lowest BCUT2D eigenvalue weighted by Crippen LogP contribution is -2.26. The maximum Gasteiger partial charge on any atom is 0.271 e. The molecule has 2 heterocycles. The van der Waals surface area contributed by atoms with E-state index in [4.69, 9.17) is 11.6 Å². The predicted octanol–water partition coefficient (Wildman–Crippen LogP) is 1.94. The van der Waals surface area contributed by atoms with Crippen molar-refractivity contribution in [3.8, 4) is 0 Å². The van der Waals surface area contributed by atoms with Crippen LogP contribution in [0.25, 0.3) is 0 Å². The molecule has 0 spiro atoms. The van der Waals surface area contributed by atoms with E-state index in [2.05, 4.69) is 25.3 Å². The third-order valence-electron chi connectivity index (χ3n) is 2.55.